The van der Waals surface area contributed by atoms with Gasteiger partial charge in [0.1, 0.15) is 5.82 Å². The van der Waals surface area contributed by atoms with Crippen LogP contribution in [0.15, 0.2) is 50.8 Å². The molecule has 1 atom stereocenters. The lowest BCUT2D eigenvalue weighted by atomic mass is 10.2. The van der Waals surface area contributed by atoms with E-state index in [1.54, 1.807) is 24.3 Å². The van der Waals surface area contributed by atoms with Gasteiger partial charge in [-0.15, -0.1) is 0 Å². The number of nitro groups is 1. The Morgan fingerprint density at radius 2 is 2.00 bits per heavy atom. The van der Waals surface area contributed by atoms with E-state index >= 15 is 0 Å². The quantitative estimate of drug-likeness (QED) is 0.258. The number of hydrogen-bond donors (Lipinski definition) is 0. The van der Waals surface area contributed by atoms with Gasteiger partial charge in [0, 0.05) is 22.0 Å². The van der Waals surface area contributed by atoms with Crippen molar-refractivity contribution in [1.29, 1.82) is 0 Å². The Morgan fingerprint density at radius 1 is 1.26 bits per heavy atom. The van der Waals surface area contributed by atoms with Gasteiger partial charge in [0.25, 0.3) is 5.56 Å². The summed E-state index contributed by atoms with van der Waals surface area (Å²) < 4.78 is 7.66. The van der Waals surface area contributed by atoms with Crippen molar-refractivity contribution < 1.29 is 9.66 Å². The van der Waals surface area contributed by atoms with Gasteiger partial charge in [0.05, 0.1) is 28.1 Å². The van der Waals surface area contributed by atoms with Crippen LogP contribution in [0, 0.1) is 10.1 Å². The number of hydrogen-bond acceptors (Lipinski definition) is 6. The molecule has 0 spiro atoms. The highest BCUT2D eigenvalue weighted by Gasteiger charge is 2.18. The molecular formula is C22H23BrN4O4. The summed E-state index contributed by atoms with van der Waals surface area (Å²) in [6.45, 7) is 7.64. The topological polar surface area (TPSA) is 99.6 Å². The van der Waals surface area contributed by atoms with Gasteiger partial charge in [0.2, 0.25) is 0 Å². The van der Waals surface area contributed by atoms with Crippen LogP contribution in [-0.2, 0) is 0 Å². The molecule has 0 N–H and O–H groups in total. The fraction of sp³-hybridized carbons (Fsp3) is 0.318. The normalized spacial score (nSPS) is 12.6. The zero-order valence-electron chi connectivity index (χ0n) is 17.7. The van der Waals surface area contributed by atoms with Gasteiger partial charge in [-0.2, -0.15) is 9.78 Å². The van der Waals surface area contributed by atoms with Gasteiger partial charge in [-0.1, -0.05) is 36.7 Å². The van der Waals surface area contributed by atoms with Crippen molar-refractivity contribution in [1.82, 2.24) is 9.66 Å². The summed E-state index contributed by atoms with van der Waals surface area (Å²) >= 11 is 3.37. The zero-order valence-corrected chi connectivity index (χ0v) is 19.3. The highest BCUT2D eigenvalue weighted by atomic mass is 79.9. The second kappa shape index (κ2) is 9.38. The van der Waals surface area contributed by atoms with Crippen molar-refractivity contribution in [2.24, 2.45) is 5.10 Å². The molecular weight excluding hydrogens is 464 g/mol. The van der Waals surface area contributed by atoms with Crippen molar-refractivity contribution in [2.75, 3.05) is 0 Å². The smallest absolute Gasteiger partial charge is 0.311 e. The summed E-state index contributed by atoms with van der Waals surface area (Å²) in [6.07, 6.45) is 2.00. The maximum Gasteiger partial charge on any atom is 0.311 e. The molecule has 0 saturated carbocycles. The third-order valence-corrected chi connectivity index (χ3v) is 5.25. The first-order chi connectivity index (χ1) is 14.7. The Morgan fingerprint density at radius 3 is 2.65 bits per heavy atom. The lowest BCUT2D eigenvalue weighted by molar-refractivity contribution is -0.386. The van der Waals surface area contributed by atoms with E-state index in [1.807, 2.05) is 33.8 Å². The maximum atomic E-state index is 13.1. The fourth-order valence-corrected chi connectivity index (χ4v) is 3.29. The van der Waals surface area contributed by atoms with Crippen LogP contribution < -0.4 is 10.3 Å². The minimum absolute atomic E-state index is 0.0569. The molecule has 2 aromatic carbocycles. The monoisotopic (exact) mass is 486 g/mol. The second-order valence-electron chi connectivity index (χ2n) is 7.47. The van der Waals surface area contributed by atoms with Gasteiger partial charge in [-0.05, 0) is 43.7 Å². The van der Waals surface area contributed by atoms with E-state index in [2.05, 4.69) is 26.0 Å². The molecule has 0 radical (unpaired) electrons. The molecule has 0 aliphatic carbocycles. The largest absolute Gasteiger partial charge is 0.484 e. The molecule has 3 aromatic rings. The first kappa shape index (κ1) is 22.6. The molecule has 3 rings (SSSR count). The van der Waals surface area contributed by atoms with Crippen LogP contribution in [0.4, 0.5) is 5.69 Å². The van der Waals surface area contributed by atoms with Crippen molar-refractivity contribution in [3.05, 3.63) is 72.7 Å². The highest BCUT2D eigenvalue weighted by Crippen LogP contribution is 2.29. The first-order valence-corrected chi connectivity index (χ1v) is 10.7. The maximum absolute atomic E-state index is 13.1. The number of nitro benzene ring substituents is 1. The van der Waals surface area contributed by atoms with Gasteiger partial charge in [-0.25, -0.2) is 4.98 Å². The van der Waals surface area contributed by atoms with Crippen LogP contribution in [0.3, 0.4) is 0 Å². The molecule has 9 heteroatoms. The molecule has 0 aliphatic rings. The Kier molecular flexibility index (Phi) is 6.84. The van der Waals surface area contributed by atoms with Gasteiger partial charge in [0.15, 0.2) is 5.75 Å². The van der Waals surface area contributed by atoms with Gasteiger partial charge >= 0.3 is 5.69 Å². The van der Waals surface area contributed by atoms with Gasteiger partial charge in [-0.3, -0.25) is 14.9 Å². The Bertz CT molecular complexity index is 1220. The van der Waals surface area contributed by atoms with E-state index < -0.39 is 4.92 Å². The van der Waals surface area contributed by atoms with E-state index in [0.29, 0.717) is 22.3 Å². The van der Waals surface area contributed by atoms with E-state index in [9.17, 15) is 14.9 Å². The molecule has 0 fully saturated rings. The first-order valence-electron chi connectivity index (χ1n) is 9.93. The minimum Gasteiger partial charge on any atom is -0.484 e. The average Bonchev–Trinajstić information content (AvgIpc) is 2.73. The number of fused-ring (bicyclic) bond motifs is 1. The number of aromatic nitrogens is 2. The van der Waals surface area contributed by atoms with Crippen molar-refractivity contribution in [2.45, 2.75) is 46.1 Å². The SMILES string of the molecule is CC[C@@H](C)Oc1ccc(C=Nn2c(C(C)C)nc3ccc(Br)cc3c2=O)cc1[N+](=O)[O-]. The van der Waals surface area contributed by atoms with Crippen LogP contribution in [0.25, 0.3) is 10.9 Å². The predicted octanol–water partition coefficient (Wildman–Crippen LogP) is 5.25. The molecule has 0 bridgehead atoms. The summed E-state index contributed by atoms with van der Waals surface area (Å²) in [5, 5.41) is 16.3. The Labute approximate surface area is 187 Å². The predicted molar refractivity (Wildman–Crippen MR) is 124 cm³/mol. The highest BCUT2D eigenvalue weighted by molar-refractivity contribution is 9.10. The number of benzene rings is 2. The van der Waals surface area contributed by atoms with E-state index in [4.69, 9.17) is 4.74 Å². The molecule has 0 aliphatic heterocycles. The molecule has 1 aromatic heterocycles. The molecule has 31 heavy (non-hydrogen) atoms. The van der Waals surface area contributed by atoms with Crippen LogP contribution in [0.1, 0.15) is 51.4 Å². The van der Waals surface area contributed by atoms with E-state index in [-0.39, 0.29) is 29.0 Å². The number of halogens is 1. The van der Waals surface area contributed by atoms with Crippen LogP contribution in [0.5, 0.6) is 5.75 Å². The molecule has 0 unspecified atom stereocenters. The lowest BCUT2D eigenvalue weighted by Gasteiger charge is -2.13. The number of rotatable bonds is 7. The fourth-order valence-electron chi connectivity index (χ4n) is 2.93. The molecule has 1 heterocycles. The zero-order chi connectivity index (χ0) is 22.7. The molecule has 0 saturated heterocycles. The summed E-state index contributed by atoms with van der Waals surface area (Å²) in [4.78, 5) is 28.7. The van der Waals surface area contributed by atoms with Crippen LogP contribution in [0.2, 0.25) is 0 Å². The van der Waals surface area contributed by atoms with Gasteiger partial charge < -0.3 is 4.74 Å². The van der Waals surface area contributed by atoms with E-state index in [1.165, 1.54) is 17.0 Å². The Balaban J connectivity index is 2.07. The molecule has 0 amide bonds. The lowest BCUT2D eigenvalue weighted by Crippen LogP contribution is -2.23. The average molecular weight is 487 g/mol. The van der Waals surface area contributed by atoms with Crippen molar-refractivity contribution in [3.63, 3.8) is 0 Å². The minimum atomic E-state index is -0.490. The second-order valence-corrected chi connectivity index (χ2v) is 8.38. The van der Waals surface area contributed by atoms with Crippen LogP contribution in [-0.4, -0.2) is 26.9 Å². The van der Waals surface area contributed by atoms with E-state index in [0.717, 1.165) is 10.9 Å². The molecule has 8 nitrogen and oxygen atoms in total. The summed E-state index contributed by atoms with van der Waals surface area (Å²) in [6, 6.07) is 9.90. The number of ether oxygens (including phenoxy) is 1. The molecule has 162 valence electrons. The van der Waals surface area contributed by atoms with Crippen molar-refractivity contribution >= 4 is 38.7 Å². The third kappa shape index (κ3) is 4.99. The summed E-state index contributed by atoms with van der Waals surface area (Å²) in [7, 11) is 0. The standard InChI is InChI=1S/C22H23BrN4O4/c1-5-14(4)31-20-9-6-15(10-19(20)27(29)30)12-24-26-21(13(2)3)25-18-8-7-16(23)11-17(18)22(26)28/h6-14H,5H2,1-4H3/t14-/m1/s1. The summed E-state index contributed by atoms with van der Waals surface area (Å²) in [5.41, 5.74) is 0.600. The van der Waals surface area contributed by atoms with Crippen LogP contribution >= 0.6 is 15.9 Å². The third-order valence-electron chi connectivity index (χ3n) is 4.75. The van der Waals surface area contributed by atoms with Crippen molar-refractivity contribution in [3.8, 4) is 5.75 Å². The number of nitrogens with zero attached hydrogens (tertiary/aromatic N) is 4. The Hall–Kier alpha value is -3.07. The summed E-state index contributed by atoms with van der Waals surface area (Å²) in [5.74, 6) is 0.648.